The van der Waals surface area contributed by atoms with Crippen molar-refractivity contribution in [1.29, 1.82) is 0 Å². The quantitative estimate of drug-likeness (QED) is 0.779. The average Bonchev–Trinajstić information content (AvgIpc) is 2.16. The van der Waals surface area contributed by atoms with Crippen molar-refractivity contribution < 1.29 is 5.11 Å². The summed E-state index contributed by atoms with van der Waals surface area (Å²) in [6, 6.07) is 0. The van der Waals surface area contributed by atoms with Crippen LogP contribution in [-0.4, -0.2) is 35.2 Å². The van der Waals surface area contributed by atoms with Gasteiger partial charge >= 0.3 is 0 Å². The van der Waals surface area contributed by atoms with Crippen LogP contribution in [-0.2, 0) is 0 Å². The highest BCUT2D eigenvalue weighted by Crippen LogP contribution is 2.31. The van der Waals surface area contributed by atoms with Crippen molar-refractivity contribution >= 4 is 0 Å². The van der Waals surface area contributed by atoms with Crippen molar-refractivity contribution in [3.63, 3.8) is 0 Å². The molecule has 90 valence electrons. The summed E-state index contributed by atoms with van der Waals surface area (Å²) >= 11 is 0. The van der Waals surface area contributed by atoms with Crippen molar-refractivity contribution in [2.24, 2.45) is 5.41 Å². The molecule has 1 N–H and O–H groups in total. The lowest BCUT2D eigenvalue weighted by Crippen LogP contribution is -2.44. The van der Waals surface area contributed by atoms with E-state index in [1.807, 2.05) is 0 Å². The van der Waals surface area contributed by atoms with Gasteiger partial charge in [-0.1, -0.05) is 27.7 Å². The molecule has 0 amide bonds. The summed E-state index contributed by atoms with van der Waals surface area (Å²) in [6.07, 6.45) is 4.00. The number of likely N-dealkylation sites (tertiary alicyclic amines) is 1. The van der Waals surface area contributed by atoms with E-state index in [9.17, 15) is 5.11 Å². The second-order valence-corrected chi connectivity index (χ2v) is 6.22. The normalized spacial score (nSPS) is 23.0. The van der Waals surface area contributed by atoms with E-state index in [1.54, 1.807) is 0 Å². The fourth-order valence-corrected chi connectivity index (χ4v) is 2.14. The van der Waals surface area contributed by atoms with Gasteiger partial charge in [0.1, 0.15) is 0 Å². The molecule has 0 aliphatic carbocycles. The highest BCUT2D eigenvalue weighted by Gasteiger charge is 2.32. The summed E-state index contributed by atoms with van der Waals surface area (Å²) in [5, 5.41) is 10.4. The minimum Gasteiger partial charge on any atom is -0.390 e. The van der Waals surface area contributed by atoms with E-state index in [0.29, 0.717) is 5.41 Å². The van der Waals surface area contributed by atoms with E-state index < -0.39 is 0 Å². The predicted molar refractivity (Wildman–Crippen MR) is 65.0 cm³/mol. The monoisotopic (exact) mass is 213 g/mol. The van der Waals surface area contributed by atoms with Crippen LogP contribution in [0.1, 0.15) is 53.4 Å². The van der Waals surface area contributed by atoms with Crippen LogP contribution in [0.5, 0.6) is 0 Å². The van der Waals surface area contributed by atoms with Gasteiger partial charge in [0.25, 0.3) is 0 Å². The van der Waals surface area contributed by atoms with Crippen LogP contribution in [0.4, 0.5) is 0 Å². The molecule has 1 fully saturated rings. The molecule has 1 heterocycles. The van der Waals surface area contributed by atoms with E-state index >= 15 is 0 Å². The first-order valence-electron chi connectivity index (χ1n) is 6.29. The van der Waals surface area contributed by atoms with Crippen molar-refractivity contribution in [2.45, 2.75) is 59.0 Å². The molecule has 0 radical (unpaired) electrons. The topological polar surface area (TPSA) is 23.5 Å². The zero-order valence-electron chi connectivity index (χ0n) is 10.8. The first-order valence-corrected chi connectivity index (χ1v) is 6.29. The predicted octanol–water partition coefficient (Wildman–Crippen LogP) is 2.66. The maximum Gasteiger partial charge on any atom is 0.0672 e. The molecule has 1 saturated heterocycles. The maximum atomic E-state index is 10.4. The number of aliphatic hydroxyl groups is 1. The summed E-state index contributed by atoms with van der Waals surface area (Å²) in [4.78, 5) is 2.42. The molecule has 0 aromatic carbocycles. The van der Waals surface area contributed by atoms with Gasteiger partial charge in [-0.25, -0.2) is 0 Å². The number of rotatable bonds is 3. The molecule has 2 nitrogen and oxygen atoms in total. The summed E-state index contributed by atoms with van der Waals surface area (Å²) in [6.45, 7) is 12.2. The first-order chi connectivity index (χ1) is 6.85. The Balaban J connectivity index is 2.35. The Kier molecular flexibility index (Phi) is 4.19. The van der Waals surface area contributed by atoms with E-state index in [1.165, 1.54) is 0 Å². The van der Waals surface area contributed by atoms with Gasteiger partial charge in [-0.15, -0.1) is 0 Å². The van der Waals surface area contributed by atoms with E-state index in [2.05, 4.69) is 32.6 Å². The standard InChI is InChI=1S/C13H27NO/c1-5-14-10-8-13(15,9-11-14)7-6-12(2,3)4/h15H,5-11H2,1-4H3. The highest BCUT2D eigenvalue weighted by atomic mass is 16.3. The van der Waals surface area contributed by atoms with Crippen LogP contribution in [0, 0.1) is 5.41 Å². The third kappa shape index (κ3) is 4.52. The summed E-state index contributed by atoms with van der Waals surface area (Å²) in [5.41, 5.74) is -0.0312. The van der Waals surface area contributed by atoms with Crippen molar-refractivity contribution in [2.75, 3.05) is 19.6 Å². The Morgan fingerprint density at radius 3 is 2.13 bits per heavy atom. The van der Waals surface area contributed by atoms with Crippen LogP contribution in [0.25, 0.3) is 0 Å². The second-order valence-electron chi connectivity index (χ2n) is 6.22. The maximum absolute atomic E-state index is 10.4. The molecular formula is C13H27NO. The molecule has 0 saturated carbocycles. The van der Waals surface area contributed by atoms with E-state index in [4.69, 9.17) is 0 Å². The molecule has 15 heavy (non-hydrogen) atoms. The Morgan fingerprint density at radius 2 is 1.73 bits per heavy atom. The summed E-state index contributed by atoms with van der Waals surface area (Å²) in [5.74, 6) is 0. The number of piperidine rings is 1. The van der Waals surface area contributed by atoms with Crippen LogP contribution < -0.4 is 0 Å². The molecule has 1 aliphatic heterocycles. The Morgan fingerprint density at radius 1 is 1.20 bits per heavy atom. The largest absolute Gasteiger partial charge is 0.390 e. The molecule has 0 bridgehead atoms. The molecule has 1 rings (SSSR count). The smallest absolute Gasteiger partial charge is 0.0672 e. The minimum atomic E-state index is -0.376. The van der Waals surface area contributed by atoms with Gasteiger partial charge in [-0.05, 0) is 37.6 Å². The van der Waals surface area contributed by atoms with E-state index in [-0.39, 0.29) is 5.60 Å². The molecule has 2 heteroatoms. The lowest BCUT2D eigenvalue weighted by molar-refractivity contribution is -0.0333. The molecule has 0 spiro atoms. The Labute approximate surface area is 94.7 Å². The van der Waals surface area contributed by atoms with Crippen LogP contribution in [0.15, 0.2) is 0 Å². The SMILES string of the molecule is CCN1CCC(O)(CCC(C)(C)C)CC1. The van der Waals surface area contributed by atoms with Gasteiger partial charge in [0, 0.05) is 13.1 Å². The van der Waals surface area contributed by atoms with Crippen molar-refractivity contribution in [1.82, 2.24) is 4.90 Å². The summed E-state index contributed by atoms with van der Waals surface area (Å²) < 4.78 is 0. The third-order valence-corrected chi connectivity index (χ3v) is 3.57. The number of nitrogens with zero attached hydrogens (tertiary/aromatic N) is 1. The lowest BCUT2D eigenvalue weighted by Gasteiger charge is -2.39. The molecule has 0 atom stereocenters. The van der Waals surface area contributed by atoms with Gasteiger partial charge in [0.15, 0.2) is 0 Å². The van der Waals surface area contributed by atoms with Gasteiger partial charge < -0.3 is 10.0 Å². The van der Waals surface area contributed by atoms with Crippen molar-refractivity contribution in [3.05, 3.63) is 0 Å². The molecule has 0 aromatic rings. The summed E-state index contributed by atoms with van der Waals surface area (Å²) in [7, 11) is 0. The van der Waals surface area contributed by atoms with Gasteiger partial charge in [-0.3, -0.25) is 0 Å². The zero-order valence-corrected chi connectivity index (χ0v) is 10.8. The lowest BCUT2D eigenvalue weighted by atomic mass is 9.80. The van der Waals surface area contributed by atoms with Crippen molar-refractivity contribution in [3.8, 4) is 0 Å². The van der Waals surface area contributed by atoms with Gasteiger partial charge in [0.2, 0.25) is 0 Å². The fraction of sp³-hybridized carbons (Fsp3) is 1.00. The highest BCUT2D eigenvalue weighted by molar-refractivity contribution is 4.86. The molecule has 1 aliphatic rings. The fourth-order valence-electron chi connectivity index (χ4n) is 2.14. The van der Waals surface area contributed by atoms with Crippen LogP contribution >= 0.6 is 0 Å². The number of hydrogen-bond acceptors (Lipinski definition) is 2. The van der Waals surface area contributed by atoms with E-state index in [0.717, 1.165) is 45.3 Å². The Hall–Kier alpha value is -0.0800. The number of hydrogen-bond donors (Lipinski definition) is 1. The van der Waals surface area contributed by atoms with Gasteiger partial charge in [0.05, 0.1) is 5.60 Å². The molecular weight excluding hydrogens is 186 g/mol. The third-order valence-electron chi connectivity index (χ3n) is 3.57. The zero-order chi connectivity index (χ0) is 11.5. The second kappa shape index (κ2) is 4.84. The Bertz CT molecular complexity index is 187. The first kappa shape index (κ1) is 13.0. The molecule has 0 unspecified atom stereocenters. The van der Waals surface area contributed by atoms with Crippen LogP contribution in [0.3, 0.4) is 0 Å². The molecule has 0 aromatic heterocycles. The minimum absolute atomic E-state index is 0.345. The average molecular weight is 213 g/mol. The van der Waals surface area contributed by atoms with Crippen LogP contribution in [0.2, 0.25) is 0 Å². The van der Waals surface area contributed by atoms with Gasteiger partial charge in [-0.2, -0.15) is 0 Å².